The van der Waals surface area contributed by atoms with E-state index in [0.29, 0.717) is 0 Å². The maximum atomic E-state index is 12.0. The minimum absolute atomic E-state index is 0.436. The first-order valence-electron chi connectivity index (χ1n) is 2.93. The molecule has 0 spiro atoms. The van der Waals surface area contributed by atoms with Crippen molar-refractivity contribution >= 4 is 35.2 Å². The van der Waals surface area contributed by atoms with Crippen LogP contribution in [0.3, 0.4) is 0 Å². The Labute approximate surface area is 82.8 Å². The molecule has 2 nitrogen and oxygen atoms in total. The molecule has 74 valence electrons. The van der Waals surface area contributed by atoms with E-state index in [4.69, 9.17) is 23.2 Å². The van der Waals surface area contributed by atoms with Crippen LogP contribution in [0.5, 0.6) is 0 Å². The lowest BCUT2D eigenvalue weighted by molar-refractivity contribution is -0.0917. The van der Waals surface area contributed by atoms with Gasteiger partial charge in [-0.2, -0.15) is 13.2 Å². The smallest absolute Gasteiger partial charge is 0.234 e. The molecule has 0 bridgehead atoms. The van der Waals surface area contributed by atoms with Crippen LogP contribution in [0, 0.1) is 0 Å². The van der Waals surface area contributed by atoms with Crippen molar-refractivity contribution in [3.63, 3.8) is 0 Å². The Morgan fingerprint density at radius 1 is 1.31 bits per heavy atom. The van der Waals surface area contributed by atoms with Gasteiger partial charge in [-0.15, -0.1) is 0 Å². The summed E-state index contributed by atoms with van der Waals surface area (Å²) in [6.45, 7) is 3.75. The Bertz CT molecular complexity index is 268. The first-order chi connectivity index (χ1) is 5.79. The first kappa shape index (κ1) is 12.4. The number of aliphatic imine (C=N–C) groups is 2. The van der Waals surface area contributed by atoms with Crippen LogP contribution in [0.4, 0.5) is 13.2 Å². The van der Waals surface area contributed by atoms with Gasteiger partial charge in [0.1, 0.15) is 5.16 Å². The molecule has 0 amide bonds. The molecule has 0 rings (SSSR count). The van der Waals surface area contributed by atoms with Gasteiger partial charge in [0.15, 0.2) is 0 Å². The van der Waals surface area contributed by atoms with E-state index in [1.807, 2.05) is 0 Å². The molecule has 0 aliphatic rings. The Morgan fingerprint density at radius 2 is 1.77 bits per heavy atom. The lowest BCUT2D eigenvalue weighted by Crippen LogP contribution is -2.10. The molecule has 0 N–H and O–H groups in total. The first-order valence-corrected chi connectivity index (χ1v) is 3.69. The molecule has 0 saturated carbocycles. The SMILES string of the molecule is C=NC(Cl)=N/C(Cl)=C(\C)C(F)(F)F. The fourth-order valence-corrected chi connectivity index (χ4v) is 0.632. The summed E-state index contributed by atoms with van der Waals surface area (Å²) < 4.78 is 35.9. The topological polar surface area (TPSA) is 24.7 Å². The maximum Gasteiger partial charge on any atom is 0.415 e. The van der Waals surface area contributed by atoms with E-state index in [0.717, 1.165) is 6.92 Å². The fraction of sp³-hybridized carbons (Fsp3) is 0.333. The molecule has 13 heavy (non-hydrogen) atoms. The number of allylic oxidation sites excluding steroid dienone is 1. The van der Waals surface area contributed by atoms with E-state index in [2.05, 4.69) is 16.7 Å². The van der Waals surface area contributed by atoms with E-state index in [9.17, 15) is 13.2 Å². The standard InChI is InChI=1S/C6H5Cl2F3N2/c1-3(6(9,10)11)4(7)13-5(8)12-2/h2H2,1H3/b4-3+,13-5?. The van der Waals surface area contributed by atoms with Crippen LogP contribution < -0.4 is 0 Å². The summed E-state index contributed by atoms with van der Waals surface area (Å²) in [6.07, 6.45) is -4.51. The summed E-state index contributed by atoms with van der Waals surface area (Å²) in [4.78, 5) is 6.21. The number of alkyl halides is 3. The van der Waals surface area contributed by atoms with E-state index in [1.54, 1.807) is 0 Å². The summed E-state index contributed by atoms with van der Waals surface area (Å²) >= 11 is 10.4. The van der Waals surface area contributed by atoms with Crippen molar-refractivity contribution in [2.24, 2.45) is 9.98 Å². The van der Waals surface area contributed by atoms with Crippen LogP contribution in [-0.2, 0) is 0 Å². The number of rotatable bonds is 1. The third kappa shape index (κ3) is 4.28. The summed E-state index contributed by atoms with van der Waals surface area (Å²) in [5, 5.41) is -1.18. The largest absolute Gasteiger partial charge is 0.415 e. The highest BCUT2D eigenvalue weighted by Gasteiger charge is 2.32. The molecule has 0 unspecified atom stereocenters. The zero-order valence-corrected chi connectivity index (χ0v) is 8.00. The summed E-state index contributed by atoms with van der Waals surface area (Å²) in [6, 6.07) is 0. The van der Waals surface area contributed by atoms with Crippen LogP contribution in [0.15, 0.2) is 20.7 Å². The lowest BCUT2D eigenvalue weighted by atomic mass is 10.3. The highest BCUT2D eigenvalue weighted by molar-refractivity contribution is 6.65. The Morgan fingerprint density at radius 3 is 2.08 bits per heavy atom. The van der Waals surface area contributed by atoms with Gasteiger partial charge in [0.05, 0.1) is 5.57 Å². The van der Waals surface area contributed by atoms with Gasteiger partial charge in [-0.3, -0.25) is 0 Å². The van der Waals surface area contributed by atoms with Crippen molar-refractivity contribution in [3.8, 4) is 0 Å². The Hall–Kier alpha value is -0.550. The van der Waals surface area contributed by atoms with E-state index in [1.165, 1.54) is 0 Å². The van der Waals surface area contributed by atoms with Gasteiger partial charge in [0.2, 0.25) is 5.29 Å². The Balaban J connectivity index is 4.94. The summed E-state index contributed by atoms with van der Waals surface area (Å²) in [5.74, 6) is 0. The number of halogens is 5. The Kier molecular flexibility index (Phi) is 4.43. The van der Waals surface area contributed by atoms with Crippen LogP contribution in [0.2, 0.25) is 0 Å². The quantitative estimate of drug-likeness (QED) is 0.377. The van der Waals surface area contributed by atoms with E-state index < -0.39 is 22.2 Å². The lowest BCUT2D eigenvalue weighted by Gasteiger charge is -2.06. The molecule has 7 heteroatoms. The third-order valence-corrected chi connectivity index (χ3v) is 1.63. The number of amidine groups is 1. The minimum atomic E-state index is -4.51. The zero-order valence-electron chi connectivity index (χ0n) is 6.49. The van der Waals surface area contributed by atoms with Gasteiger partial charge >= 0.3 is 6.18 Å². The van der Waals surface area contributed by atoms with Crippen LogP contribution in [-0.4, -0.2) is 18.2 Å². The van der Waals surface area contributed by atoms with Crippen LogP contribution >= 0.6 is 23.2 Å². The van der Waals surface area contributed by atoms with Gasteiger partial charge in [0, 0.05) is 0 Å². The summed E-state index contributed by atoms with van der Waals surface area (Å²) in [5.41, 5.74) is -1.03. The average molecular weight is 233 g/mol. The molecule has 0 aromatic carbocycles. The number of nitrogens with zero attached hydrogens (tertiary/aromatic N) is 2. The molecule has 0 radical (unpaired) electrons. The van der Waals surface area contributed by atoms with Gasteiger partial charge in [0.25, 0.3) is 0 Å². The highest BCUT2D eigenvalue weighted by Crippen LogP contribution is 2.29. The highest BCUT2D eigenvalue weighted by atomic mass is 35.5. The van der Waals surface area contributed by atoms with Gasteiger partial charge in [-0.05, 0) is 25.2 Å². The van der Waals surface area contributed by atoms with Crippen LogP contribution in [0.25, 0.3) is 0 Å². The van der Waals surface area contributed by atoms with Crippen LogP contribution in [0.1, 0.15) is 6.92 Å². The molecular formula is C6H5Cl2F3N2. The maximum absolute atomic E-state index is 12.0. The van der Waals surface area contributed by atoms with Crippen molar-refractivity contribution in [2.45, 2.75) is 13.1 Å². The van der Waals surface area contributed by atoms with Gasteiger partial charge in [-0.1, -0.05) is 11.6 Å². The zero-order chi connectivity index (χ0) is 10.6. The van der Waals surface area contributed by atoms with E-state index >= 15 is 0 Å². The molecule has 0 aromatic rings. The van der Waals surface area contributed by atoms with Crippen molar-refractivity contribution in [3.05, 3.63) is 10.7 Å². The molecule has 0 aliphatic carbocycles. The number of hydrogen-bond acceptors (Lipinski definition) is 1. The molecule has 0 atom stereocenters. The second kappa shape index (κ2) is 4.62. The van der Waals surface area contributed by atoms with Crippen molar-refractivity contribution in [2.75, 3.05) is 0 Å². The number of hydrogen-bond donors (Lipinski definition) is 0. The fourth-order valence-electron chi connectivity index (χ4n) is 0.317. The van der Waals surface area contributed by atoms with Gasteiger partial charge in [-0.25, -0.2) is 9.98 Å². The average Bonchev–Trinajstić information content (AvgIpc) is 2.01. The summed E-state index contributed by atoms with van der Waals surface area (Å²) in [7, 11) is 0. The molecule has 0 heterocycles. The normalized spacial score (nSPS) is 15.4. The van der Waals surface area contributed by atoms with E-state index in [-0.39, 0.29) is 0 Å². The molecule has 0 fully saturated rings. The predicted molar refractivity (Wildman–Crippen MR) is 47.4 cm³/mol. The van der Waals surface area contributed by atoms with Crippen molar-refractivity contribution in [1.29, 1.82) is 0 Å². The molecule has 0 saturated heterocycles. The molecule has 0 aliphatic heterocycles. The van der Waals surface area contributed by atoms with Crippen molar-refractivity contribution < 1.29 is 13.2 Å². The monoisotopic (exact) mass is 232 g/mol. The second-order valence-electron chi connectivity index (χ2n) is 1.95. The minimum Gasteiger partial charge on any atom is -0.234 e. The molecular weight excluding hydrogens is 228 g/mol. The van der Waals surface area contributed by atoms with Crippen molar-refractivity contribution in [1.82, 2.24) is 0 Å². The second-order valence-corrected chi connectivity index (χ2v) is 2.65. The third-order valence-electron chi connectivity index (χ3n) is 1.06. The van der Waals surface area contributed by atoms with Gasteiger partial charge < -0.3 is 0 Å². The molecule has 0 aromatic heterocycles. The predicted octanol–water partition coefficient (Wildman–Crippen LogP) is 3.31.